The number of nitrogens with zero attached hydrogens (tertiary/aromatic N) is 2. The summed E-state index contributed by atoms with van der Waals surface area (Å²) in [5, 5.41) is 9.65. The van der Waals surface area contributed by atoms with Crippen molar-refractivity contribution in [2.75, 3.05) is 11.1 Å². The number of anilines is 2. The minimum Gasteiger partial charge on any atom is -0.384 e. The van der Waals surface area contributed by atoms with Gasteiger partial charge in [0.15, 0.2) is 0 Å². The number of aromatic amines is 1. The minimum absolute atomic E-state index is 0.222. The maximum absolute atomic E-state index is 12.1. The fraction of sp³-hybridized carbons (Fsp3) is 0.250. The van der Waals surface area contributed by atoms with Crippen LogP contribution in [-0.2, 0) is 0 Å². The first-order valence-electron chi connectivity index (χ1n) is 5.54. The summed E-state index contributed by atoms with van der Waals surface area (Å²) in [6, 6.07) is 3.24. The van der Waals surface area contributed by atoms with Crippen LogP contribution in [0.3, 0.4) is 0 Å². The van der Waals surface area contributed by atoms with Crippen LogP contribution in [0, 0.1) is 20.8 Å². The van der Waals surface area contributed by atoms with E-state index in [2.05, 4.69) is 20.5 Å². The van der Waals surface area contributed by atoms with Crippen molar-refractivity contribution >= 4 is 17.4 Å². The van der Waals surface area contributed by atoms with Gasteiger partial charge in [0.05, 0.1) is 17.1 Å². The van der Waals surface area contributed by atoms with Gasteiger partial charge in [0.2, 0.25) is 0 Å². The molecule has 0 radical (unpaired) electrons. The van der Waals surface area contributed by atoms with E-state index in [1.54, 1.807) is 19.1 Å². The fourth-order valence-electron chi connectivity index (χ4n) is 1.75. The number of aromatic nitrogens is 3. The zero-order valence-corrected chi connectivity index (χ0v) is 10.5. The van der Waals surface area contributed by atoms with Gasteiger partial charge < -0.3 is 11.1 Å². The van der Waals surface area contributed by atoms with E-state index in [0.29, 0.717) is 22.8 Å². The minimum atomic E-state index is -0.222. The summed E-state index contributed by atoms with van der Waals surface area (Å²) in [5.41, 5.74) is 9.09. The first-order valence-corrected chi connectivity index (χ1v) is 5.54. The zero-order valence-electron chi connectivity index (χ0n) is 10.5. The van der Waals surface area contributed by atoms with E-state index in [0.717, 1.165) is 11.4 Å². The number of nitrogens with two attached hydrogens (primary N) is 1. The Morgan fingerprint density at radius 2 is 2.06 bits per heavy atom. The van der Waals surface area contributed by atoms with Gasteiger partial charge in [0.1, 0.15) is 5.82 Å². The summed E-state index contributed by atoms with van der Waals surface area (Å²) in [7, 11) is 0. The first kappa shape index (κ1) is 12.1. The molecule has 0 aliphatic carbocycles. The molecule has 0 aromatic carbocycles. The molecule has 0 aliphatic rings. The summed E-state index contributed by atoms with van der Waals surface area (Å²) >= 11 is 0. The van der Waals surface area contributed by atoms with Crippen molar-refractivity contribution in [3.63, 3.8) is 0 Å². The second-order valence-corrected chi connectivity index (χ2v) is 4.19. The van der Waals surface area contributed by atoms with Gasteiger partial charge in [-0.25, -0.2) is 4.98 Å². The Balaban J connectivity index is 2.27. The molecule has 0 spiro atoms. The topological polar surface area (TPSA) is 96.7 Å². The van der Waals surface area contributed by atoms with Crippen LogP contribution in [-0.4, -0.2) is 21.1 Å². The van der Waals surface area contributed by atoms with E-state index in [1.165, 1.54) is 0 Å². The molecule has 2 aromatic heterocycles. The van der Waals surface area contributed by atoms with Crippen LogP contribution < -0.4 is 11.1 Å². The Morgan fingerprint density at radius 3 is 2.61 bits per heavy atom. The molecule has 6 nitrogen and oxygen atoms in total. The third kappa shape index (κ3) is 2.32. The van der Waals surface area contributed by atoms with Gasteiger partial charge in [0.25, 0.3) is 5.91 Å². The average molecular weight is 245 g/mol. The van der Waals surface area contributed by atoms with E-state index >= 15 is 0 Å². The third-order valence-electron chi connectivity index (χ3n) is 2.60. The molecule has 0 unspecified atom stereocenters. The second-order valence-electron chi connectivity index (χ2n) is 4.19. The number of nitrogen functional groups attached to an aromatic ring is 1. The van der Waals surface area contributed by atoms with Crippen LogP contribution in [0.1, 0.15) is 27.4 Å². The summed E-state index contributed by atoms with van der Waals surface area (Å²) in [6.45, 7) is 5.47. The fourth-order valence-corrected chi connectivity index (χ4v) is 1.75. The van der Waals surface area contributed by atoms with Crippen LogP contribution in [0.25, 0.3) is 0 Å². The molecule has 2 aromatic rings. The van der Waals surface area contributed by atoms with Crippen LogP contribution >= 0.6 is 0 Å². The molecular weight excluding hydrogens is 230 g/mol. The Kier molecular flexibility index (Phi) is 3.01. The monoisotopic (exact) mass is 245 g/mol. The molecule has 0 fully saturated rings. The lowest BCUT2D eigenvalue weighted by molar-refractivity contribution is 0.102. The number of pyridine rings is 1. The quantitative estimate of drug-likeness (QED) is 0.748. The summed E-state index contributed by atoms with van der Waals surface area (Å²) < 4.78 is 0. The van der Waals surface area contributed by atoms with E-state index < -0.39 is 0 Å². The highest BCUT2D eigenvalue weighted by Gasteiger charge is 2.12. The Labute approximate surface area is 105 Å². The second kappa shape index (κ2) is 4.48. The normalized spacial score (nSPS) is 10.4. The number of hydrogen-bond donors (Lipinski definition) is 3. The van der Waals surface area contributed by atoms with Gasteiger partial charge >= 0.3 is 0 Å². The molecule has 94 valence electrons. The van der Waals surface area contributed by atoms with Crippen molar-refractivity contribution in [1.29, 1.82) is 0 Å². The van der Waals surface area contributed by atoms with Crippen molar-refractivity contribution in [1.82, 2.24) is 15.2 Å². The highest BCUT2D eigenvalue weighted by atomic mass is 16.1. The SMILES string of the molecule is Cc1cc(C(=O)Nc2c(C)n[nH]c2C)cc(N)n1. The number of carbonyl (C=O) groups excluding carboxylic acids is 1. The first-order chi connectivity index (χ1) is 8.47. The predicted octanol–water partition coefficient (Wildman–Crippen LogP) is 1.56. The molecule has 4 N–H and O–H groups in total. The molecule has 0 atom stereocenters. The lowest BCUT2D eigenvalue weighted by Crippen LogP contribution is -2.14. The lowest BCUT2D eigenvalue weighted by atomic mass is 10.2. The maximum Gasteiger partial charge on any atom is 0.255 e. The number of hydrogen-bond acceptors (Lipinski definition) is 4. The molecule has 0 saturated carbocycles. The molecule has 0 aliphatic heterocycles. The highest BCUT2D eigenvalue weighted by molar-refractivity contribution is 6.05. The van der Waals surface area contributed by atoms with Gasteiger partial charge in [-0.2, -0.15) is 5.10 Å². The standard InChI is InChI=1S/C12H15N5O/c1-6-4-9(5-10(13)14-6)12(18)15-11-7(2)16-17-8(11)3/h4-5H,1-3H3,(H2,13,14)(H,15,18)(H,16,17). The molecule has 2 heterocycles. The number of nitrogens with one attached hydrogen (secondary N) is 2. The molecule has 18 heavy (non-hydrogen) atoms. The summed E-state index contributed by atoms with van der Waals surface area (Å²) in [6.07, 6.45) is 0. The van der Waals surface area contributed by atoms with Crippen LogP contribution in [0.15, 0.2) is 12.1 Å². The zero-order chi connectivity index (χ0) is 13.3. The lowest BCUT2D eigenvalue weighted by Gasteiger charge is -2.06. The van der Waals surface area contributed by atoms with Crippen LogP contribution in [0.4, 0.5) is 11.5 Å². The number of aryl methyl sites for hydroxylation is 3. The Hall–Kier alpha value is -2.37. The van der Waals surface area contributed by atoms with E-state index in [-0.39, 0.29) is 5.91 Å². The summed E-state index contributed by atoms with van der Waals surface area (Å²) in [5.74, 6) is 0.112. The average Bonchev–Trinajstić information content (AvgIpc) is 2.59. The predicted molar refractivity (Wildman–Crippen MR) is 69.4 cm³/mol. The van der Waals surface area contributed by atoms with Gasteiger partial charge in [-0.1, -0.05) is 0 Å². The van der Waals surface area contributed by atoms with Crippen LogP contribution in [0.5, 0.6) is 0 Å². The molecule has 0 bridgehead atoms. The molecule has 1 amide bonds. The van der Waals surface area contributed by atoms with Crippen LogP contribution in [0.2, 0.25) is 0 Å². The molecule has 2 rings (SSSR count). The third-order valence-corrected chi connectivity index (χ3v) is 2.60. The van der Waals surface area contributed by atoms with Crippen molar-refractivity contribution in [2.45, 2.75) is 20.8 Å². The van der Waals surface area contributed by atoms with Crippen molar-refractivity contribution in [2.24, 2.45) is 0 Å². The number of amides is 1. The van der Waals surface area contributed by atoms with E-state index in [1.807, 2.05) is 13.8 Å². The van der Waals surface area contributed by atoms with Crippen molar-refractivity contribution in [3.8, 4) is 0 Å². The Morgan fingerprint density at radius 1 is 1.33 bits per heavy atom. The highest BCUT2D eigenvalue weighted by Crippen LogP contribution is 2.17. The largest absolute Gasteiger partial charge is 0.384 e. The van der Waals surface area contributed by atoms with E-state index in [9.17, 15) is 4.79 Å². The van der Waals surface area contributed by atoms with Gasteiger partial charge in [0, 0.05) is 11.3 Å². The Bertz CT molecular complexity index is 563. The number of carbonyl (C=O) groups is 1. The maximum atomic E-state index is 12.1. The smallest absolute Gasteiger partial charge is 0.255 e. The molecular formula is C12H15N5O. The van der Waals surface area contributed by atoms with Gasteiger partial charge in [-0.3, -0.25) is 9.89 Å². The van der Waals surface area contributed by atoms with Gasteiger partial charge in [-0.05, 0) is 32.9 Å². The van der Waals surface area contributed by atoms with Crippen molar-refractivity contribution < 1.29 is 4.79 Å². The number of H-pyrrole nitrogens is 1. The summed E-state index contributed by atoms with van der Waals surface area (Å²) in [4.78, 5) is 16.1. The molecule has 6 heteroatoms. The van der Waals surface area contributed by atoms with E-state index in [4.69, 9.17) is 5.73 Å². The van der Waals surface area contributed by atoms with Gasteiger partial charge in [-0.15, -0.1) is 0 Å². The van der Waals surface area contributed by atoms with Crippen molar-refractivity contribution in [3.05, 3.63) is 34.8 Å². The number of rotatable bonds is 2. The molecule has 0 saturated heterocycles.